The molecule has 5 rings (SSSR count). The van der Waals surface area contributed by atoms with Crippen molar-refractivity contribution >= 4 is 60.1 Å². The van der Waals surface area contributed by atoms with Gasteiger partial charge < -0.3 is 14.6 Å². The summed E-state index contributed by atoms with van der Waals surface area (Å²) in [5.74, 6) is -0.424. The van der Waals surface area contributed by atoms with Crippen molar-refractivity contribution in [2.45, 2.75) is 19.9 Å². The van der Waals surface area contributed by atoms with Gasteiger partial charge in [0, 0.05) is 10.0 Å². The maximum Gasteiger partial charge on any atom is 0.301 e. The minimum absolute atomic E-state index is 0.00532. The van der Waals surface area contributed by atoms with Crippen LogP contribution in [0.15, 0.2) is 76.8 Å². The van der Waals surface area contributed by atoms with Crippen molar-refractivity contribution in [3.05, 3.63) is 87.9 Å². The highest BCUT2D eigenvalue weighted by atomic mass is 79.9. The van der Waals surface area contributed by atoms with Crippen molar-refractivity contribution in [2.75, 3.05) is 18.1 Å². The number of nitrogens with zero attached hydrogens (tertiary/aromatic N) is 2. The van der Waals surface area contributed by atoms with Gasteiger partial charge >= 0.3 is 5.91 Å². The third kappa shape index (κ3) is 4.72. The molecule has 1 unspecified atom stereocenters. The molecule has 1 aliphatic rings. The van der Waals surface area contributed by atoms with E-state index in [4.69, 9.17) is 9.47 Å². The normalized spacial score (nSPS) is 16.9. The fourth-order valence-corrected chi connectivity index (χ4v) is 5.56. The van der Waals surface area contributed by atoms with Crippen molar-refractivity contribution in [3.8, 4) is 11.5 Å². The number of Topliss-reactive ketones (excluding diaryl/α,β-unsaturated/α-hetero) is 1. The van der Waals surface area contributed by atoms with E-state index in [2.05, 4.69) is 20.9 Å². The van der Waals surface area contributed by atoms with E-state index in [1.54, 1.807) is 24.3 Å². The van der Waals surface area contributed by atoms with Crippen LogP contribution in [-0.2, 0) is 9.59 Å². The smallest absolute Gasteiger partial charge is 0.301 e. The Bertz CT molecular complexity index is 1510. The number of thiazole rings is 1. The molecule has 4 aromatic rings. The molecule has 0 aliphatic carbocycles. The standard InChI is InChI=1S/C28H23BrN2O5S/c1-3-35-19-11-7-17(8-12-19)25(32)23-24(16-5-9-18(29)10-6-16)31(27(34)26(23)33)28-30-21-14-13-20(36-4-2)15-22(21)37-28/h5-15,24,32H,3-4H2,1-2H3/b25-23+. The van der Waals surface area contributed by atoms with Crippen LogP contribution in [0.3, 0.4) is 0 Å². The van der Waals surface area contributed by atoms with Crippen LogP contribution >= 0.6 is 27.3 Å². The average molecular weight is 579 g/mol. The lowest BCUT2D eigenvalue weighted by molar-refractivity contribution is -0.132. The Morgan fingerprint density at radius 2 is 1.62 bits per heavy atom. The third-order valence-electron chi connectivity index (χ3n) is 5.93. The molecule has 188 valence electrons. The molecule has 0 saturated carbocycles. The molecule has 0 bridgehead atoms. The molecule has 1 atom stereocenters. The van der Waals surface area contributed by atoms with Crippen LogP contribution < -0.4 is 14.4 Å². The number of aliphatic hydroxyl groups is 1. The Labute approximate surface area is 226 Å². The summed E-state index contributed by atoms with van der Waals surface area (Å²) in [4.78, 5) is 32.9. The molecular formula is C28H23BrN2O5S. The molecule has 1 saturated heterocycles. The number of carbonyl (C=O) groups excluding carboxylic acids is 2. The van der Waals surface area contributed by atoms with Crippen LogP contribution in [0.25, 0.3) is 16.0 Å². The first kappa shape index (κ1) is 25.0. The highest BCUT2D eigenvalue weighted by Crippen LogP contribution is 2.44. The van der Waals surface area contributed by atoms with Crippen molar-refractivity contribution in [2.24, 2.45) is 0 Å². The quantitative estimate of drug-likeness (QED) is 0.153. The summed E-state index contributed by atoms with van der Waals surface area (Å²) < 4.78 is 12.8. The first-order chi connectivity index (χ1) is 17.9. The Hall–Kier alpha value is -3.69. The van der Waals surface area contributed by atoms with Gasteiger partial charge in [-0.05, 0) is 74.0 Å². The fraction of sp³-hybridized carbons (Fsp3) is 0.179. The van der Waals surface area contributed by atoms with Gasteiger partial charge in [-0.2, -0.15) is 0 Å². The number of halogens is 1. The average Bonchev–Trinajstić information content (AvgIpc) is 3.43. The SMILES string of the molecule is CCOc1ccc(/C(O)=C2\C(=O)C(=O)N(c3nc4ccc(OCC)cc4s3)C2c2ccc(Br)cc2)cc1. The van der Waals surface area contributed by atoms with Crippen LogP contribution in [0.4, 0.5) is 5.13 Å². The predicted octanol–water partition coefficient (Wildman–Crippen LogP) is 6.48. The zero-order valence-corrected chi connectivity index (χ0v) is 22.5. The largest absolute Gasteiger partial charge is 0.507 e. The highest BCUT2D eigenvalue weighted by Gasteiger charge is 2.48. The molecule has 1 aromatic heterocycles. The van der Waals surface area contributed by atoms with Gasteiger partial charge in [0.05, 0.1) is 35.0 Å². The van der Waals surface area contributed by atoms with E-state index in [0.29, 0.717) is 46.5 Å². The second-order valence-corrected chi connectivity index (χ2v) is 10.2. The molecule has 0 spiro atoms. The zero-order valence-electron chi connectivity index (χ0n) is 20.1. The van der Waals surface area contributed by atoms with Gasteiger partial charge in [0.15, 0.2) is 5.13 Å². The lowest BCUT2D eigenvalue weighted by atomic mass is 9.95. The number of aromatic nitrogens is 1. The Balaban J connectivity index is 1.65. The van der Waals surface area contributed by atoms with Gasteiger partial charge in [0.1, 0.15) is 17.3 Å². The second-order valence-electron chi connectivity index (χ2n) is 8.24. The van der Waals surface area contributed by atoms with Gasteiger partial charge in [0.25, 0.3) is 5.78 Å². The zero-order chi connectivity index (χ0) is 26.1. The summed E-state index contributed by atoms with van der Waals surface area (Å²) in [6.45, 7) is 4.83. The molecular weight excluding hydrogens is 556 g/mol. The predicted molar refractivity (Wildman–Crippen MR) is 147 cm³/mol. The topological polar surface area (TPSA) is 89.0 Å². The van der Waals surface area contributed by atoms with Crippen LogP contribution in [0.1, 0.15) is 31.0 Å². The number of ether oxygens (including phenoxy) is 2. The van der Waals surface area contributed by atoms with Crippen LogP contribution in [0.2, 0.25) is 0 Å². The number of hydrogen-bond donors (Lipinski definition) is 1. The number of rotatable bonds is 7. The molecule has 1 amide bonds. The van der Waals surface area contributed by atoms with Crippen molar-refractivity contribution in [3.63, 3.8) is 0 Å². The monoisotopic (exact) mass is 578 g/mol. The maximum absolute atomic E-state index is 13.4. The van der Waals surface area contributed by atoms with Gasteiger partial charge in [-0.25, -0.2) is 4.98 Å². The first-order valence-corrected chi connectivity index (χ1v) is 13.3. The summed E-state index contributed by atoms with van der Waals surface area (Å²) in [6.07, 6.45) is 0. The molecule has 9 heteroatoms. The third-order valence-corrected chi connectivity index (χ3v) is 7.48. The minimum atomic E-state index is -0.855. The molecule has 3 aromatic carbocycles. The minimum Gasteiger partial charge on any atom is -0.507 e. The van der Waals surface area contributed by atoms with E-state index < -0.39 is 17.7 Å². The van der Waals surface area contributed by atoms with E-state index in [9.17, 15) is 14.7 Å². The lowest BCUT2D eigenvalue weighted by Crippen LogP contribution is -2.29. The molecule has 7 nitrogen and oxygen atoms in total. The molecule has 1 fully saturated rings. The number of carbonyl (C=O) groups is 2. The molecule has 1 aliphatic heterocycles. The van der Waals surface area contributed by atoms with Crippen molar-refractivity contribution in [1.29, 1.82) is 0 Å². The summed E-state index contributed by atoms with van der Waals surface area (Å²) in [7, 11) is 0. The number of amides is 1. The van der Waals surface area contributed by atoms with E-state index in [1.807, 2.05) is 56.3 Å². The van der Waals surface area contributed by atoms with Gasteiger partial charge in [-0.1, -0.05) is 39.4 Å². The van der Waals surface area contributed by atoms with Gasteiger partial charge in [0.2, 0.25) is 0 Å². The van der Waals surface area contributed by atoms with Gasteiger partial charge in [-0.15, -0.1) is 0 Å². The number of hydrogen-bond acceptors (Lipinski definition) is 7. The highest BCUT2D eigenvalue weighted by molar-refractivity contribution is 9.10. The Morgan fingerprint density at radius 3 is 2.30 bits per heavy atom. The molecule has 37 heavy (non-hydrogen) atoms. The summed E-state index contributed by atoms with van der Waals surface area (Å²) in [5, 5.41) is 11.7. The first-order valence-electron chi connectivity index (χ1n) is 11.7. The maximum atomic E-state index is 13.4. The number of anilines is 1. The summed E-state index contributed by atoms with van der Waals surface area (Å²) in [5.41, 5.74) is 1.77. The van der Waals surface area contributed by atoms with E-state index >= 15 is 0 Å². The van der Waals surface area contributed by atoms with E-state index in [-0.39, 0.29) is 11.3 Å². The summed E-state index contributed by atoms with van der Waals surface area (Å²) >= 11 is 4.73. The molecule has 1 N–H and O–H groups in total. The summed E-state index contributed by atoms with van der Waals surface area (Å²) in [6, 6.07) is 18.7. The number of benzene rings is 3. The number of ketones is 1. The van der Waals surface area contributed by atoms with Crippen LogP contribution in [-0.4, -0.2) is 35.0 Å². The van der Waals surface area contributed by atoms with E-state index in [0.717, 1.165) is 9.17 Å². The van der Waals surface area contributed by atoms with Crippen LogP contribution in [0, 0.1) is 0 Å². The lowest BCUT2D eigenvalue weighted by Gasteiger charge is -2.23. The number of aliphatic hydroxyl groups excluding tert-OH is 1. The molecule has 0 radical (unpaired) electrons. The number of fused-ring (bicyclic) bond motifs is 1. The second kappa shape index (κ2) is 10.4. The van der Waals surface area contributed by atoms with E-state index in [1.165, 1.54) is 16.2 Å². The Kier molecular flexibility index (Phi) is 6.99. The van der Waals surface area contributed by atoms with Crippen molar-refractivity contribution < 1.29 is 24.2 Å². The molecule has 2 heterocycles. The fourth-order valence-electron chi connectivity index (χ4n) is 4.27. The Morgan fingerprint density at radius 1 is 0.973 bits per heavy atom. The van der Waals surface area contributed by atoms with Gasteiger partial charge in [-0.3, -0.25) is 14.5 Å². The van der Waals surface area contributed by atoms with Crippen LogP contribution in [0.5, 0.6) is 11.5 Å². The van der Waals surface area contributed by atoms with Crippen molar-refractivity contribution in [1.82, 2.24) is 4.98 Å².